The lowest BCUT2D eigenvalue weighted by atomic mass is 10.2. The second-order valence-corrected chi connectivity index (χ2v) is 6.22. The largest absolute Gasteiger partial charge is 0.438 e. The lowest BCUT2D eigenvalue weighted by Crippen LogP contribution is -2.05. The molecule has 0 fully saturated rings. The predicted octanol–water partition coefficient (Wildman–Crippen LogP) is 4.20. The van der Waals surface area contributed by atoms with Gasteiger partial charge < -0.3 is 10.1 Å². The van der Waals surface area contributed by atoms with Crippen molar-refractivity contribution < 1.29 is 9.53 Å². The summed E-state index contributed by atoms with van der Waals surface area (Å²) in [6.07, 6.45) is 0. The first-order valence-corrected chi connectivity index (χ1v) is 8.50. The average molecular weight is 380 g/mol. The summed E-state index contributed by atoms with van der Waals surface area (Å²) >= 11 is 5.95. The van der Waals surface area contributed by atoms with Crippen LogP contribution in [0.2, 0.25) is 5.02 Å². The molecule has 0 saturated heterocycles. The summed E-state index contributed by atoms with van der Waals surface area (Å²) in [6, 6.07) is 17.8. The van der Waals surface area contributed by atoms with E-state index in [4.69, 9.17) is 16.3 Å². The van der Waals surface area contributed by atoms with Crippen molar-refractivity contribution in [3.05, 3.63) is 65.7 Å². The van der Waals surface area contributed by atoms with E-state index in [2.05, 4.69) is 20.6 Å². The van der Waals surface area contributed by atoms with Gasteiger partial charge in [-0.3, -0.25) is 4.79 Å². The molecule has 4 rings (SSSR count). The van der Waals surface area contributed by atoms with Gasteiger partial charge in [-0.1, -0.05) is 17.7 Å². The minimum Gasteiger partial charge on any atom is -0.438 e. The molecule has 1 N–H and O–H groups in total. The molecule has 7 nitrogen and oxygen atoms in total. The number of halogens is 1. The maximum absolute atomic E-state index is 11.2. The molecule has 0 aliphatic carbocycles. The number of aromatic nitrogens is 4. The molecule has 2 aromatic carbocycles. The number of rotatable bonds is 4. The van der Waals surface area contributed by atoms with Crippen molar-refractivity contribution in [2.75, 3.05) is 5.32 Å². The molecule has 0 saturated carbocycles. The second kappa shape index (κ2) is 7.05. The Labute approximate surface area is 159 Å². The van der Waals surface area contributed by atoms with Gasteiger partial charge in [0.25, 0.3) is 0 Å². The van der Waals surface area contributed by atoms with Gasteiger partial charge in [-0.2, -0.15) is 4.52 Å². The van der Waals surface area contributed by atoms with Crippen molar-refractivity contribution in [3.63, 3.8) is 0 Å². The Morgan fingerprint density at radius 2 is 1.89 bits per heavy atom. The SMILES string of the molecule is CC(=O)Nc1cccc(Oc2ccc3nnc(-c4ccc(Cl)cc4)n3n2)c1. The summed E-state index contributed by atoms with van der Waals surface area (Å²) in [4.78, 5) is 11.2. The summed E-state index contributed by atoms with van der Waals surface area (Å²) in [5.41, 5.74) is 2.08. The fourth-order valence-corrected chi connectivity index (χ4v) is 2.69. The van der Waals surface area contributed by atoms with Crippen molar-refractivity contribution in [2.24, 2.45) is 0 Å². The van der Waals surface area contributed by atoms with E-state index in [1.165, 1.54) is 6.92 Å². The van der Waals surface area contributed by atoms with Crippen LogP contribution in [0.15, 0.2) is 60.7 Å². The maximum atomic E-state index is 11.2. The number of fused-ring (bicyclic) bond motifs is 1. The number of hydrogen-bond acceptors (Lipinski definition) is 5. The first kappa shape index (κ1) is 17.0. The molecular formula is C19H14ClN5O2. The predicted molar refractivity (Wildman–Crippen MR) is 102 cm³/mol. The smallest absolute Gasteiger partial charge is 0.237 e. The molecule has 0 aliphatic rings. The van der Waals surface area contributed by atoms with Crippen molar-refractivity contribution in [1.82, 2.24) is 19.8 Å². The Morgan fingerprint density at radius 1 is 1.07 bits per heavy atom. The van der Waals surface area contributed by atoms with Crippen LogP contribution in [0.1, 0.15) is 6.92 Å². The molecule has 8 heteroatoms. The number of carbonyl (C=O) groups excluding carboxylic acids is 1. The molecule has 0 atom stereocenters. The van der Waals surface area contributed by atoms with E-state index in [0.29, 0.717) is 33.8 Å². The summed E-state index contributed by atoms with van der Waals surface area (Å²) in [7, 11) is 0. The van der Waals surface area contributed by atoms with Gasteiger partial charge in [0.05, 0.1) is 0 Å². The van der Waals surface area contributed by atoms with Gasteiger partial charge in [0.1, 0.15) is 5.75 Å². The van der Waals surface area contributed by atoms with Crippen LogP contribution in [0.3, 0.4) is 0 Å². The molecule has 0 bridgehead atoms. The van der Waals surface area contributed by atoms with E-state index in [1.54, 1.807) is 53.0 Å². The highest BCUT2D eigenvalue weighted by atomic mass is 35.5. The van der Waals surface area contributed by atoms with Gasteiger partial charge in [-0.15, -0.1) is 15.3 Å². The van der Waals surface area contributed by atoms with Crippen molar-refractivity contribution >= 4 is 28.8 Å². The first-order chi connectivity index (χ1) is 13.1. The van der Waals surface area contributed by atoms with Crippen LogP contribution in [0, 0.1) is 0 Å². The van der Waals surface area contributed by atoms with Crippen LogP contribution in [-0.4, -0.2) is 25.7 Å². The van der Waals surface area contributed by atoms with Crippen LogP contribution in [-0.2, 0) is 4.79 Å². The van der Waals surface area contributed by atoms with Gasteiger partial charge in [0.15, 0.2) is 11.5 Å². The fraction of sp³-hybridized carbons (Fsp3) is 0.0526. The van der Waals surface area contributed by atoms with Gasteiger partial charge in [0, 0.05) is 35.3 Å². The second-order valence-electron chi connectivity index (χ2n) is 5.78. The lowest BCUT2D eigenvalue weighted by molar-refractivity contribution is -0.114. The summed E-state index contributed by atoms with van der Waals surface area (Å²) < 4.78 is 7.44. The third-order valence-corrected chi connectivity index (χ3v) is 3.97. The number of hydrogen-bond donors (Lipinski definition) is 1. The Balaban J connectivity index is 1.66. The van der Waals surface area contributed by atoms with Crippen LogP contribution < -0.4 is 10.1 Å². The van der Waals surface area contributed by atoms with Crippen LogP contribution >= 0.6 is 11.6 Å². The third-order valence-electron chi connectivity index (χ3n) is 3.72. The fourth-order valence-electron chi connectivity index (χ4n) is 2.57. The maximum Gasteiger partial charge on any atom is 0.237 e. The molecule has 134 valence electrons. The number of carbonyl (C=O) groups is 1. The first-order valence-electron chi connectivity index (χ1n) is 8.12. The normalized spacial score (nSPS) is 10.7. The van der Waals surface area contributed by atoms with Crippen molar-refractivity contribution in [1.29, 1.82) is 0 Å². The van der Waals surface area contributed by atoms with E-state index in [0.717, 1.165) is 5.56 Å². The van der Waals surface area contributed by atoms with Gasteiger partial charge in [-0.05, 0) is 42.5 Å². The van der Waals surface area contributed by atoms with E-state index in [-0.39, 0.29) is 5.91 Å². The number of benzene rings is 2. The third kappa shape index (κ3) is 3.73. The van der Waals surface area contributed by atoms with E-state index in [9.17, 15) is 4.79 Å². The number of nitrogens with one attached hydrogen (secondary N) is 1. The Kier molecular flexibility index (Phi) is 4.43. The Bertz CT molecular complexity index is 1120. The molecule has 27 heavy (non-hydrogen) atoms. The standard InChI is InChI=1S/C19H14ClN5O2/c1-12(26)21-15-3-2-4-16(11-15)27-18-10-9-17-22-23-19(25(17)24-18)13-5-7-14(20)8-6-13/h2-11H,1H3,(H,21,26). The summed E-state index contributed by atoms with van der Waals surface area (Å²) in [5.74, 6) is 1.36. The zero-order chi connectivity index (χ0) is 18.8. The Hall–Kier alpha value is -3.45. The number of nitrogens with zero attached hydrogens (tertiary/aromatic N) is 4. The molecular weight excluding hydrogens is 366 g/mol. The molecule has 0 aliphatic heterocycles. The summed E-state index contributed by atoms with van der Waals surface area (Å²) in [5, 5.41) is 16.1. The van der Waals surface area contributed by atoms with Gasteiger partial charge >= 0.3 is 0 Å². The topological polar surface area (TPSA) is 81.4 Å². The quantitative estimate of drug-likeness (QED) is 0.574. The van der Waals surface area contributed by atoms with Crippen molar-refractivity contribution in [3.8, 4) is 23.0 Å². The Morgan fingerprint density at radius 3 is 2.67 bits per heavy atom. The molecule has 2 aromatic heterocycles. The highest BCUT2D eigenvalue weighted by Gasteiger charge is 2.11. The molecule has 0 unspecified atom stereocenters. The van der Waals surface area contributed by atoms with Crippen molar-refractivity contribution in [2.45, 2.75) is 6.92 Å². The minimum absolute atomic E-state index is 0.149. The van der Waals surface area contributed by atoms with Crippen LogP contribution in [0.5, 0.6) is 11.6 Å². The zero-order valence-corrected chi connectivity index (χ0v) is 15.0. The highest BCUT2D eigenvalue weighted by molar-refractivity contribution is 6.30. The van der Waals surface area contributed by atoms with E-state index < -0.39 is 0 Å². The van der Waals surface area contributed by atoms with Gasteiger partial charge in [0.2, 0.25) is 11.8 Å². The lowest BCUT2D eigenvalue weighted by Gasteiger charge is -2.08. The average Bonchev–Trinajstić information content (AvgIpc) is 3.05. The van der Waals surface area contributed by atoms with Crippen LogP contribution in [0.4, 0.5) is 5.69 Å². The number of ether oxygens (including phenoxy) is 1. The summed E-state index contributed by atoms with van der Waals surface area (Å²) in [6.45, 7) is 1.45. The molecule has 0 spiro atoms. The van der Waals surface area contributed by atoms with Gasteiger partial charge in [-0.25, -0.2) is 0 Å². The van der Waals surface area contributed by atoms with E-state index in [1.807, 2.05) is 12.1 Å². The molecule has 2 heterocycles. The molecule has 4 aromatic rings. The highest BCUT2D eigenvalue weighted by Crippen LogP contribution is 2.25. The molecule has 0 radical (unpaired) electrons. The number of anilines is 1. The monoisotopic (exact) mass is 379 g/mol. The van der Waals surface area contributed by atoms with Crippen LogP contribution in [0.25, 0.3) is 17.0 Å². The minimum atomic E-state index is -0.149. The molecule has 1 amide bonds. The van der Waals surface area contributed by atoms with E-state index >= 15 is 0 Å². The zero-order valence-electron chi connectivity index (χ0n) is 14.3. The number of amides is 1.